The van der Waals surface area contributed by atoms with E-state index in [0.717, 1.165) is 16.3 Å². The molecule has 0 radical (unpaired) electrons. The van der Waals surface area contributed by atoms with Gasteiger partial charge in [-0.1, -0.05) is 0 Å². The number of aromatic nitrogens is 5. The van der Waals surface area contributed by atoms with E-state index in [1.165, 1.54) is 28.0 Å². The number of fused-ring (bicyclic) bond motifs is 1. The fourth-order valence-corrected chi connectivity index (χ4v) is 3.11. The Bertz CT molecular complexity index is 1090. The maximum atomic E-state index is 13.0. The van der Waals surface area contributed by atoms with Gasteiger partial charge >= 0.3 is 5.97 Å². The Balaban J connectivity index is 1.46. The molecule has 0 aliphatic heterocycles. The van der Waals surface area contributed by atoms with Gasteiger partial charge in [0.05, 0.1) is 5.69 Å². The van der Waals surface area contributed by atoms with Crippen LogP contribution in [0.2, 0.25) is 0 Å². The lowest BCUT2D eigenvalue weighted by molar-refractivity contribution is 0.0454. The second-order valence-electron chi connectivity index (χ2n) is 5.46. The molecule has 0 amide bonds. The van der Waals surface area contributed by atoms with Gasteiger partial charge in [0.15, 0.2) is 0 Å². The van der Waals surface area contributed by atoms with Crippen LogP contribution in [-0.4, -0.2) is 30.5 Å². The molecule has 0 saturated heterocycles. The molecule has 9 heteroatoms. The van der Waals surface area contributed by atoms with Crippen LogP contribution in [-0.2, 0) is 11.3 Å². The van der Waals surface area contributed by atoms with Crippen LogP contribution in [0.4, 0.5) is 4.39 Å². The Morgan fingerprint density at radius 2 is 2.04 bits per heavy atom. The van der Waals surface area contributed by atoms with Crippen molar-refractivity contribution < 1.29 is 13.9 Å². The molecular formula is C17H12FN5O2S. The summed E-state index contributed by atoms with van der Waals surface area (Å²) in [5.74, 6) is -0.666. The van der Waals surface area contributed by atoms with Crippen molar-refractivity contribution in [2.45, 2.75) is 13.5 Å². The third-order valence-corrected chi connectivity index (χ3v) is 4.55. The van der Waals surface area contributed by atoms with Gasteiger partial charge in [-0.15, -0.1) is 16.4 Å². The third-order valence-electron chi connectivity index (χ3n) is 3.61. The van der Waals surface area contributed by atoms with Crippen molar-refractivity contribution in [1.29, 1.82) is 0 Å². The molecule has 130 valence electrons. The number of esters is 1. The Kier molecular flexibility index (Phi) is 4.13. The van der Waals surface area contributed by atoms with Gasteiger partial charge in [-0.05, 0) is 37.3 Å². The summed E-state index contributed by atoms with van der Waals surface area (Å²) in [7, 11) is 0. The van der Waals surface area contributed by atoms with Gasteiger partial charge < -0.3 is 4.74 Å². The van der Waals surface area contributed by atoms with Crippen LogP contribution in [0.15, 0.2) is 41.9 Å². The number of hydrogen-bond acceptors (Lipinski definition) is 7. The van der Waals surface area contributed by atoms with Gasteiger partial charge in [0.1, 0.15) is 17.4 Å². The van der Waals surface area contributed by atoms with E-state index in [9.17, 15) is 9.18 Å². The molecule has 0 aliphatic rings. The van der Waals surface area contributed by atoms with E-state index < -0.39 is 5.97 Å². The normalized spacial score (nSPS) is 11.0. The summed E-state index contributed by atoms with van der Waals surface area (Å²) < 4.78 is 19.7. The van der Waals surface area contributed by atoms with Crippen LogP contribution in [0.25, 0.3) is 16.3 Å². The Morgan fingerprint density at radius 3 is 2.81 bits per heavy atom. The fourth-order valence-electron chi connectivity index (χ4n) is 2.30. The van der Waals surface area contributed by atoms with Crippen LogP contribution in [0.5, 0.6) is 0 Å². The number of carbonyl (C=O) groups excluding carboxylic acids is 1. The first kappa shape index (κ1) is 16.3. The Hall–Kier alpha value is -3.20. The first-order valence-electron chi connectivity index (χ1n) is 7.66. The van der Waals surface area contributed by atoms with Gasteiger partial charge in [0.25, 0.3) is 11.6 Å². The molecule has 0 spiro atoms. The monoisotopic (exact) mass is 369 g/mol. The van der Waals surface area contributed by atoms with Gasteiger partial charge in [-0.3, -0.25) is 0 Å². The van der Waals surface area contributed by atoms with Gasteiger partial charge in [-0.25, -0.2) is 23.7 Å². The Labute approximate surface area is 151 Å². The molecule has 1 aromatic carbocycles. The first-order chi connectivity index (χ1) is 12.6. The number of ether oxygens (including phenoxy) is 1. The van der Waals surface area contributed by atoms with Crippen LogP contribution < -0.4 is 0 Å². The first-order valence-corrected chi connectivity index (χ1v) is 8.54. The van der Waals surface area contributed by atoms with E-state index in [2.05, 4.69) is 20.1 Å². The summed E-state index contributed by atoms with van der Waals surface area (Å²) in [5.41, 5.74) is 2.21. The van der Waals surface area contributed by atoms with Crippen molar-refractivity contribution in [3.63, 3.8) is 0 Å². The van der Waals surface area contributed by atoms with Crippen molar-refractivity contribution in [2.75, 3.05) is 0 Å². The predicted octanol–water partition coefficient (Wildman–Crippen LogP) is 3.05. The lowest BCUT2D eigenvalue weighted by Crippen LogP contribution is -2.08. The molecule has 0 N–H and O–H groups in total. The summed E-state index contributed by atoms with van der Waals surface area (Å²) in [6.45, 7) is 1.84. The lowest BCUT2D eigenvalue weighted by atomic mass is 10.2. The second kappa shape index (κ2) is 6.60. The van der Waals surface area contributed by atoms with Crippen molar-refractivity contribution >= 4 is 23.1 Å². The van der Waals surface area contributed by atoms with Gasteiger partial charge in [0.2, 0.25) is 0 Å². The number of benzene rings is 1. The maximum absolute atomic E-state index is 13.0. The van der Waals surface area contributed by atoms with Crippen LogP contribution in [0.1, 0.15) is 22.0 Å². The standard InChI is InChI=1S/C17H12FN5O2S/c1-10-6-7-19-17-21-14(22-23(10)17)16(24)25-8-13-9-26-15(20-13)11-2-4-12(18)5-3-11/h2-7,9H,8H2,1H3. The molecule has 0 atom stereocenters. The van der Waals surface area contributed by atoms with E-state index in [1.54, 1.807) is 29.8 Å². The minimum Gasteiger partial charge on any atom is -0.453 e. The van der Waals surface area contributed by atoms with E-state index in [4.69, 9.17) is 4.74 Å². The van der Waals surface area contributed by atoms with Crippen molar-refractivity contribution in [2.24, 2.45) is 0 Å². The summed E-state index contributed by atoms with van der Waals surface area (Å²) in [6.07, 6.45) is 1.60. The molecule has 0 saturated carbocycles. The molecule has 3 heterocycles. The predicted molar refractivity (Wildman–Crippen MR) is 92.1 cm³/mol. The smallest absolute Gasteiger partial charge is 0.378 e. The average Bonchev–Trinajstić information content (AvgIpc) is 3.28. The molecule has 0 unspecified atom stereocenters. The van der Waals surface area contributed by atoms with Gasteiger partial charge in [0, 0.05) is 22.8 Å². The minimum absolute atomic E-state index is 0.00150. The molecule has 0 bridgehead atoms. The molecule has 0 aliphatic carbocycles. The summed E-state index contributed by atoms with van der Waals surface area (Å²) in [5, 5.41) is 6.61. The highest BCUT2D eigenvalue weighted by Gasteiger charge is 2.16. The van der Waals surface area contributed by atoms with Crippen molar-refractivity contribution in [3.8, 4) is 10.6 Å². The van der Waals surface area contributed by atoms with Crippen molar-refractivity contribution in [1.82, 2.24) is 24.6 Å². The Morgan fingerprint density at radius 1 is 1.23 bits per heavy atom. The summed E-state index contributed by atoms with van der Waals surface area (Å²) >= 11 is 1.39. The molecule has 4 rings (SSSR count). The van der Waals surface area contributed by atoms with E-state index in [-0.39, 0.29) is 18.2 Å². The highest BCUT2D eigenvalue weighted by molar-refractivity contribution is 7.13. The minimum atomic E-state index is -0.647. The highest BCUT2D eigenvalue weighted by Crippen LogP contribution is 2.24. The zero-order valence-electron chi connectivity index (χ0n) is 13.6. The maximum Gasteiger partial charge on any atom is 0.378 e. The number of carbonyl (C=O) groups is 1. The topological polar surface area (TPSA) is 82.3 Å². The number of aryl methyl sites for hydroxylation is 1. The molecule has 26 heavy (non-hydrogen) atoms. The van der Waals surface area contributed by atoms with E-state index >= 15 is 0 Å². The molecule has 7 nitrogen and oxygen atoms in total. The van der Waals surface area contributed by atoms with Crippen LogP contribution >= 0.6 is 11.3 Å². The van der Waals surface area contributed by atoms with E-state index in [1.807, 2.05) is 6.92 Å². The zero-order valence-corrected chi connectivity index (χ0v) is 14.4. The number of halogens is 1. The second-order valence-corrected chi connectivity index (χ2v) is 6.32. The number of thiazole rings is 1. The highest BCUT2D eigenvalue weighted by atomic mass is 32.1. The summed E-state index contributed by atoms with van der Waals surface area (Å²) in [6, 6.07) is 7.83. The summed E-state index contributed by atoms with van der Waals surface area (Å²) in [4.78, 5) is 24.7. The largest absolute Gasteiger partial charge is 0.453 e. The zero-order chi connectivity index (χ0) is 18.1. The molecular weight excluding hydrogens is 357 g/mol. The fraction of sp³-hybridized carbons (Fsp3) is 0.118. The molecule has 3 aromatic heterocycles. The number of rotatable bonds is 4. The van der Waals surface area contributed by atoms with Gasteiger partial charge in [-0.2, -0.15) is 4.98 Å². The average molecular weight is 369 g/mol. The van der Waals surface area contributed by atoms with Crippen molar-refractivity contribution in [3.05, 3.63) is 64.9 Å². The lowest BCUT2D eigenvalue weighted by Gasteiger charge is -1.99. The van der Waals surface area contributed by atoms with Crippen LogP contribution in [0.3, 0.4) is 0 Å². The quantitative estimate of drug-likeness (QED) is 0.514. The van der Waals surface area contributed by atoms with Crippen LogP contribution in [0, 0.1) is 12.7 Å². The molecule has 4 aromatic rings. The van der Waals surface area contributed by atoms with E-state index in [0.29, 0.717) is 11.5 Å². The molecule has 0 fully saturated rings. The SMILES string of the molecule is Cc1ccnc2nc(C(=O)OCc3csc(-c4ccc(F)cc4)n3)nn12. The third kappa shape index (κ3) is 3.16. The number of hydrogen-bond donors (Lipinski definition) is 0. The number of nitrogens with zero attached hydrogens (tertiary/aromatic N) is 5.